The highest BCUT2D eigenvalue weighted by atomic mass is 32.1. The van der Waals surface area contributed by atoms with Gasteiger partial charge < -0.3 is 10.1 Å². The number of fused-ring (bicyclic) bond motifs is 1. The Hall–Kier alpha value is -1.91. The zero-order chi connectivity index (χ0) is 14.5. The van der Waals surface area contributed by atoms with Gasteiger partial charge in [0.05, 0.1) is 16.3 Å². The molecular formula is C17H18N2OS. The Balaban J connectivity index is 1.89. The van der Waals surface area contributed by atoms with Crippen LogP contribution in [0.15, 0.2) is 54.7 Å². The highest BCUT2D eigenvalue weighted by Gasteiger charge is 2.14. The Labute approximate surface area is 128 Å². The van der Waals surface area contributed by atoms with Crippen molar-refractivity contribution in [1.29, 1.82) is 0 Å². The second-order valence-electron chi connectivity index (χ2n) is 4.90. The lowest BCUT2D eigenvalue weighted by atomic mass is 10.1. The Morgan fingerprint density at radius 1 is 1.14 bits per heavy atom. The van der Waals surface area contributed by atoms with Crippen LogP contribution >= 0.6 is 11.5 Å². The summed E-state index contributed by atoms with van der Waals surface area (Å²) in [6.07, 6.45) is 2.85. The summed E-state index contributed by atoms with van der Waals surface area (Å²) in [6, 6.07) is 16.5. The number of hydrogen-bond acceptors (Lipinski definition) is 4. The lowest BCUT2D eigenvalue weighted by Gasteiger charge is -2.20. The lowest BCUT2D eigenvalue weighted by molar-refractivity contribution is 0.197. The highest BCUT2D eigenvalue weighted by Crippen LogP contribution is 2.32. The van der Waals surface area contributed by atoms with Crippen molar-refractivity contribution in [3.63, 3.8) is 0 Å². The molecule has 0 radical (unpaired) electrons. The fourth-order valence-corrected chi connectivity index (χ4v) is 3.02. The minimum atomic E-state index is 0.0455. The highest BCUT2D eigenvalue weighted by molar-refractivity contribution is 7.13. The second-order valence-corrected chi connectivity index (χ2v) is 5.74. The average molecular weight is 298 g/mol. The molecule has 1 N–H and O–H groups in total. The van der Waals surface area contributed by atoms with Crippen LogP contribution in [0.25, 0.3) is 10.1 Å². The van der Waals surface area contributed by atoms with Crippen LogP contribution in [0.3, 0.4) is 0 Å². The van der Waals surface area contributed by atoms with E-state index in [1.54, 1.807) is 0 Å². The fourth-order valence-electron chi connectivity index (χ4n) is 2.36. The summed E-state index contributed by atoms with van der Waals surface area (Å²) in [5.41, 5.74) is 1.20. The van der Waals surface area contributed by atoms with Gasteiger partial charge >= 0.3 is 0 Å². The van der Waals surface area contributed by atoms with Gasteiger partial charge in [-0.05, 0) is 42.8 Å². The Morgan fingerprint density at radius 3 is 2.81 bits per heavy atom. The first-order valence-electron chi connectivity index (χ1n) is 7.08. The van der Waals surface area contributed by atoms with Crippen molar-refractivity contribution in [2.45, 2.75) is 12.5 Å². The van der Waals surface area contributed by atoms with Gasteiger partial charge in [-0.2, -0.15) is 4.37 Å². The number of aromatic nitrogens is 1. The van der Waals surface area contributed by atoms with Crippen LogP contribution in [0.4, 0.5) is 0 Å². The van der Waals surface area contributed by atoms with Crippen molar-refractivity contribution in [2.75, 3.05) is 13.6 Å². The first-order valence-corrected chi connectivity index (χ1v) is 7.85. The molecule has 0 saturated heterocycles. The lowest BCUT2D eigenvalue weighted by Crippen LogP contribution is -2.16. The maximum atomic E-state index is 6.30. The SMILES string of the molecule is CNCCC(Oc1cccc2sncc12)c1ccccc1. The van der Waals surface area contributed by atoms with Crippen molar-refractivity contribution in [3.05, 3.63) is 60.3 Å². The van der Waals surface area contributed by atoms with E-state index in [1.807, 2.05) is 31.4 Å². The number of rotatable bonds is 6. The molecule has 1 heterocycles. The number of benzene rings is 2. The van der Waals surface area contributed by atoms with E-state index >= 15 is 0 Å². The molecule has 21 heavy (non-hydrogen) atoms. The molecular weight excluding hydrogens is 280 g/mol. The molecule has 0 aliphatic rings. The Morgan fingerprint density at radius 2 is 2.00 bits per heavy atom. The minimum Gasteiger partial charge on any atom is -0.485 e. The molecule has 3 aromatic rings. The van der Waals surface area contributed by atoms with Crippen molar-refractivity contribution < 1.29 is 4.74 Å². The first-order chi connectivity index (χ1) is 10.4. The molecule has 0 saturated carbocycles. The van der Waals surface area contributed by atoms with E-state index < -0.39 is 0 Å². The zero-order valence-electron chi connectivity index (χ0n) is 12.0. The van der Waals surface area contributed by atoms with Gasteiger partial charge in [0.2, 0.25) is 0 Å². The normalized spacial score (nSPS) is 12.4. The van der Waals surface area contributed by atoms with Crippen LogP contribution in [-0.4, -0.2) is 18.0 Å². The molecule has 1 atom stereocenters. The summed E-state index contributed by atoms with van der Waals surface area (Å²) in [4.78, 5) is 0. The van der Waals surface area contributed by atoms with E-state index in [4.69, 9.17) is 4.74 Å². The third-order valence-corrected chi connectivity index (χ3v) is 4.22. The van der Waals surface area contributed by atoms with Crippen LogP contribution in [0, 0.1) is 0 Å². The largest absolute Gasteiger partial charge is 0.485 e. The third kappa shape index (κ3) is 3.23. The van der Waals surface area contributed by atoms with Crippen LogP contribution < -0.4 is 10.1 Å². The molecule has 3 rings (SSSR count). The maximum Gasteiger partial charge on any atom is 0.130 e. The number of nitrogens with one attached hydrogen (secondary N) is 1. The molecule has 4 heteroatoms. The van der Waals surface area contributed by atoms with Crippen LogP contribution in [-0.2, 0) is 0 Å². The molecule has 1 unspecified atom stereocenters. The van der Waals surface area contributed by atoms with Gasteiger partial charge in [0, 0.05) is 6.42 Å². The molecule has 0 aliphatic heterocycles. The molecule has 0 amide bonds. The van der Waals surface area contributed by atoms with Gasteiger partial charge in [-0.1, -0.05) is 36.4 Å². The van der Waals surface area contributed by atoms with Gasteiger partial charge in [-0.3, -0.25) is 0 Å². The van der Waals surface area contributed by atoms with Crippen molar-refractivity contribution in [2.24, 2.45) is 0 Å². The molecule has 0 spiro atoms. The van der Waals surface area contributed by atoms with Crippen LogP contribution in [0.5, 0.6) is 5.75 Å². The average Bonchev–Trinajstić information content (AvgIpc) is 3.01. The molecule has 0 fully saturated rings. The fraction of sp³-hybridized carbons (Fsp3) is 0.235. The maximum absolute atomic E-state index is 6.30. The zero-order valence-corrected chi connectivity index (χ0v) is 12.8. The molecule has 0 bridgehead atoms. The topological polar surface area (TPSA) is 34.1 Å². The van der Waals surface area contributed by atoms with Gasteiger partial charge in [-0.15, -0.1) is 0 Å². The van der Waals surface area contributed by atoms with Crippen molar-refractivity contribution >= 4 is 21.6 Å². The van der Waals surface area contributed by atoms with Crippen molar-refractivity contribution in [3.8, 4) is 5.75 Å². The molecule has 3 nitrogen and oxygen atoms in total. The predicted octanol–water partition coefficient (Wildman–Crippen LogP) is 4.03. The summed E-state index contributed by atoms with van der Waals surface area (Å²) in [5.74, 6) is 0.909. The van der Waals surface area contributed by atoms with Gasteiger partial charge in [-0.25, -0.2) is 0 Å². The van der Waals surface area contributed by atoms with Crippen molar-refractivity contribution in [1.82, 2.24) is 9.69 Å². The van der Waals surface area contributed by atoms with Gasteiger partial charge in [0.15, 0.2) is 0 Å². The Bertz CT molecular complexity index is 696. The van der Waals surface area contributed by atoms with E-state index in [0.29, 0.717) is 0 Å². The van der Waals surface area contributed by atoms with Gasteiger partial charge in [0.1, 0.15) is 11.9 Å². The summed E-state index contributed by atoms with van der Waals surface area (Å²) in [7, 11) is 1.96. The summed E-state index contributed by atoms with van der Waals surface area (Å²) >= 11 is 1.50. The Kier molecular flexibility index (Phi) is 4.48. The molecule has 0 aliphatic carbocycles. The number of ether oxygens (including phenoxy) is 1. The molecule has 1 aromatic heterocycles. The quantitative estimate of drug-likeness (QED) is 0.746. The van der Waals surface area contributed by atoms with E-state index in [0.717, 1.165) is 28.8 Å². The van der Waals surface area contributed by atoms with E-state index in [2.05, 4.69) is 40.0 Å². The van der Waals surface area contributed by atoms with Crippen LogP contribution in [0.1, 0.15) is 18.1 Å². The minimum absolute atomic E-state index is 0.0455. The number of nitrogens with zero attached hydrogens (tertiary/aromatic N) is 1. The monoisotopic (exact) mass is 298 g/mol. The third-order valence-electron chi connectivity index (χ3n) is 3.46. The predicted molar refractivity (Wildman–Crippen MR) is 88.0 cm³/mol. The summed E-state index contributed by atoms with van der Waals surface area (Å²) in [6.45, 7) is 0.914. The first kappa shape index (κ1) is 14.0. The molecule has 2 aromatic carbocycles. The van der Waals surface area contributed by atoms with Crippen LogP contribution in [0.2, 0.25) is 0 Å². The van der Waals surface area contributed by atoms with E-state index in [9.17, 15) is 0 Å². The van der Waals surface area contributed by atoms with E-state index in [-0.39, 0.29) is 6.10 Å². The second kappa shape index (κ2) is 6.70. The van der Waals surface area contributed by atoms with Gasteiger partial charge in [0.25, 0.3) is 0 Å². The summed E-state index contributed by atoms with van der Waals surface area (Å²) in [5, 5.41) is 4.29. The molecule has 108 valence electrons. The smallest absolute Gasteiger partial charge is 0.130 e. The summed E-state index contributed by atoms with van der Waals surface area (Å²) < 4.78 is 11.7. The standard InChI is InChI=1S/C17H18N2OS/c1-18-11-10-15(13-6-3-2-4-7-13)20-16-8-5-9-17-14(16)12-19-21-17/h2-9,12,15,18H,10-11H2,1H3. The van der Waals surface area contributed by atoms with E-state index in [1.165, 1.54) is 17.1 Å². The number of hydrogen-bond donors (Lipinski definition) is 1.